The highest BCUT2D eigenvalue weighted by atomic mass is 16.5. The molecular formula is C13H19N7O. The van der Waals surface area contributed by atoms with Gasteiger partial charge in [0.1, 0.15) is 17.9 Å². The fraction of sp³-hybridized carbons (Fsp3) is 0.385. The normalized spacial score (nSPS) is 11.2. The van der Waals surface area contributed by atoms with E-state index >= 15 is 0 Å². The summed E-state index contributed by atoms with van der Waals surface area (Å²) in [6.45, 7) is 12.9. The van der Waals surface area contributed by atoms with Gasteiger partial charge >= 0.3 is 0 Å². The van der Waals surface area contributed by atoms with Crippen LogP contribution in [0.2, 0.25) is 0 Å². The van der Waals surface area contributed by atoms with Crippen molar-refractivity contribution in [3.63, 3.8) is 0 Å². The molecule has 0 spiro atoms. The largest absolute Gasteiger partial charge is 0.496 e. The van der Waals surface area contributed by atoms with Crippen LogP contribution in [0.25, 0.3) is 4.85 Å². The van der Waals surface area contributed by atoms with Crippen LogP contribution in [0.5, 0.6) is 0 Å². The number of aliphatic imine (C=N–C) groups is 1. The number of allylic oxidation sites excluding steroid dienone is 3. The minimum atomic E-state index is 0.0434. The zero-order valence-electron chi connectivity index (χ0n) is 12.3. The lowest BCUT2D eigenvalue weighted by atomic mass is 10.3. The highest BCUT2D eigenvalue weighted by molar-refractivity contribution is 6.02. The van der Waals surface area contributed by atoms with E-state index in [1.165, 1.54) is 0 Å². The van der Waals surface area contributed by atoms with Gasteiger partial charge in [-0.3, -0.25) is 16.7 Å². The molecule has 0 atom stereocenters. The summed E-state index contributed by atoms with van der Waals surface area (Å²) in [5.41, 5.74) is 7.38. The monoisotopic (exact) mass is 289 g/mol. The molecule has 0 saturated heterocycles. The second-order valence-electron chi connectivity index (χ2n) is 3.48. The van der Waals surface area contributed by atoms with Crippen molar-refractivity contribution in [2.45, 2.75) is 20.8 Å². The first-order chi connectivity index (χ1) is 10.0. The van der Waals surface area contributed by atoms with E-state index in [0.717, 1.165) is 5.71 Å². The van der Waals surface area contributed by atoms with Crippen molar-refractivity contribution < 1.29 is 4.74 Å². The summed E-state index contributed by atoms with van der Waals surface area (Å²) in [5, 5.41) is 16.6. The van der Waals surface area contributed by atoms with Crippen LogP contribution in [-0.2, 0) is 4.74 Å². The Morgan fingerprint density at radius 3 is 2.19 bits per heavy atom. The molecule has 8 heteroatoms. The van der Waals surface area contributed by atoms with Gasteiger partial charge in [-0.2, -0.15) is 10.5 Å². The third-order valence-electron chi connectivity index (χ3n) is 2.18. The Labute approximate surface area is 124 Å². The van der Waals surface area contributed by atoms with Gasteiger partial charge in [0.15, 0.2) is 5.57 Å². The number of hydrazine groups is 1. The lowest BCUT2D eigenvalue weighted by Gasteiger charge is -1.99. The number of rotatable bonds is 2. The van der Waals surface area contributed by atoms with E-state index in [2.05, 4.69) is 21.5 Å². The third kappa shape index (κ3) is 7.34. The smallest absolute Gasteiger partial charge is 0.227 e. The van der Waals surface area contributed by atoms with Gasteiger partial charge in [0.05, 0.1) is 19.7 Å². The van der Waals surface area contributed by atoms with Crippen LogP contribution in [0.4, 0.5) is 0 Å². The Morgan fingerprint density at radius 2 is 1.95 bits per heavy atom. The first-order valence-electron chi connectivity index (χ1n) is 5.86. The molecule has 0 aliphatic carbocycles. The summed E-state index contributed by atoms with van der Waals surface area (Å²) in [4.78, 5) is 7.20. The van der Waals surface area contributed by atoms with Crippen LogP contribution in [-0.4, -0.2) is 18.9 Å². The molecule has 0 bridgehead atoms. The predicted octanol–water partition coefficient (Wildman–Crippen LogP) is 0.713. The molecule has 1 rings (SSSR count). The average Bonchev–Trinajstić information content (AvgIpc) is 2.82. The summed E-state index contributed by atoms with van der Waals surface area (Å²) >= 11 is 0. The van der Waals surface area contributed by atoms with Crippen LogP contribution < -0.4 is 17.4 Å². The first kappa shape index (κ1) is 20.5. The molecule has 0 saturated carbocycles. The number of nitrogens with zero attached hydrogens (tertiary/aromatic N) is 4. The number of ether oxygens (including phenoxy) is 1. The maximum atomic E-state index is 8.31. The highest BCUT2D eigenvalue weighted by Crippen LogP contribution is 2.11. The molecule has 1 aliphatic rings. The predicted molar refractivity (Wildman–Crippen MR) is 79.7 cm³/mol. The van der Waals surface area contributed by atoms with Crippen molar-refractivity contribution in [2.75, 3.05) is 13.2 Å². The number of nitrogens with two attached hydrogens (primary N) is 3. The van der Waals surface area contributed by atoms with Gasteiger partial charge in [0, 0.05) is 11.4 Å². The lowest BCUT2D eigenvalue weighted by Crippen LogP contribution is -2.02. The Hall–Kier alpha value is -2.86. The third-order valence-corrected chi connectivity index (χ3v) is 2.18. The van der Waals surface area contributed by atoms with Crippen molar-refractivity contribution in [1.29, 1.82) is 10.5 Å². The topological polar surface area (TPSA) is 152 Å². The van der Waals surface area contributed by atoms with Crippen molar-refractivity contribution in [2.24, 2.45) is 22.4 Å². The maximum Gasteiger partial charge on any atom is 0.227 e. The van der Waals surface area contributed by atoms with E-state index in [9.17, 15) is 0 Å². The second-order valence-corrected chi connectivity index (χ2v) is 3.48. The summed E-state index contributed by atoms with van der Waals surface area (Å²) in [5.74, 6) is 8.40. The molecule has 0 aromatic carbocycles. The minimum absolute atomic E-state index is 0.0434. The van der Waals surface area contributed by atoms with Gasteiger partial charge in [-0.15, -0.1) is 0 Å². The zero-order chi connectivity index (χ0) is 16.8. The maximum absolute atomic E-state index is 8.31. The van der Waals surface area contributed by atoms with Crippen molar-refractivity contribution in [3.8, 4) is 12.1 Å². The van der Waals surface area contributed by atoms with Crippen LogP contribution in [0.15, 0.2) is 27.7 Å². The molecule has 0 amide bonds. The average molecular weight is 289 g/mol. The first-order valence-corrected chi connectivity index (χ1v) is 5.86. The Bertz CT molecular complexity index is 537. The Kier molecular flexibility index (Phi) is 11.9. The molecule has 8 nitrogen and oxygen atoms in total. The van der Waals surface area contributed by atoms with Crippen molar-refractivity contribution >= 4 is 5.71 Å². The van der Waals surface area contributed by atoms with Gasteiger partial charge in [-0.25, -0.2) is 4.85 Å². The van der Waals surface area contributed by atoms with Gasteiger partial charge in [-0.05, 0) is 20.8 Å². The van der Waals surface area contributed by atoms with E-state index in [1.54, 1.807) is 32.9 Å². The van der Waals surface area contributed by atoms with Gasteiger partial charge in [0.25, 0.3) is 0 Å². The number of hydrogen-bond donors (Lipinski definition) is 3. The lowest BCUT2D eigenvalue weighted by molar-refractivity contribution is 0.230. The molecule has 1 aliphatic heterocycles. The minimum Gasteiger partial charge on any atom is -0.496 e. The molecule has 0 unspecified atom stereocenters. The van der Waals surface area contributed by atoms with Crippen molar-refractivity contribution in [3.05, 3.63) is 34.1 Å². The number of nitriles is 2. The van der Waals surface area contributed by atoms with Crippen LogP contribution >= 0.6 is 0 Å². The quantitative estimate of drug-likeness (QED) is 0.224. The Balaban J connectivity index is 0. The molecule has 0 radical (unpaired) electrons. The zero-order valence-corrected chi connectivity index (χ0v) is 12.3. The SMILES string of the molecule is CCOC(C)=C(C#N)C#N.NN.[C-]#[N+]C1=C(N)CN=C1C. The second kappa shape index (κ2) is 12.2. The molecule has 0 fully saturated rings. The summed E-state index contributed by atoms with van der Waals surface area (Å²) in [6, 6.07) is 3.46. The van der Waals surface area contributed by atoms with Gasteiger partial charge in [0.2, 0.25) is 5.70 Å². The molecular weight excluding hydrogens is 270 g/mol. The summed E-state index contributed by atoms with van der Waals surface area (Å²) in [7, 11) is 0. The van der Waals surface area contributed by atoms with E-state index in [4.69, 9.17) is 27.6 Å². The van der Waals surface area contributed by atoms with E-state index in [1.807, 2.05) is 0 Å². The summed E-state index contributed by atoms with van der Waals surface area (Å²) < 4.78 is 4.92. The molecule has 0 aromatic heterocycles. The highest BCUT2D eigenvalue weighted by Gasteiger charge is 2.12. The molecule has 0 aromatic rings. The summed E-state index contributed by atoms with van der Waals surface area (Å²) in [6.07, 6.45) is 0. The number of hydrogen-bond acceptors (Lipinski definition) is 7. The van der Waals surface area contributed by atoms with Crippen molar-refractivity contribution in [1.82, 2.24) is 0 Å². The Morgan fingerprint density at radius 1 is 1.43 bits per heavy atom. The van der Waals surface area contributed by atoms with E-state index in [-0.39, 0.29) is 5.57 Å². The van der Waals surface area contributed by atoms with Crippen LogP contribution in [0, 0.1) is 29.2 Å². The van der Waals surface area contributed by atoms with Gasteiger partial charge in [-0.1, -0.05) is 0 Å². The van der Waals surface area contributed by atoms with Crippen LogP contribution in [0.1, 0.15) is 20.8 Å². The molecule has 6 N–H and O–H groups in total. The fourth-order valence-corrected chi connectivity index (χ4v) is 1.21. The fourth-order valence-electron chi connectivity index (χ4n) is 1.21. The molecule has 1 heterocycles. The van der Waals surface area contributed by atoms with E-state index < -0.39 is 0 Å². The standard InChI is InChI=1S/C7H8N2O.C6H7N3.H4N2/c1-3-10-6(2)7(4-8)5-9;1-4-6(8-2)5(7)3-9-4;1-2/h3H2,1-2H3;3,7H2,1H3;1-2H2. The molecule has 112 valence electrons. The molecule has 21 heavy (non-hydrogen) atoms. The van der Waals surface area contributed by atoms with Gasteiger partial charge < -0.3 is 10.5 Å². The van der Waals surface area contributed by atoms with E-state index in [0.29, 0.717) is 30.3 Å². The van der Waals surface area contributed by atoms with Crippen LogP contribution in [0.3, 0.4) is 0 Å².